The Hall–Kier alpha value is -4.60. The van der Waals surface area contributed by atoms with Crippen LogP contribution >= 0.6 is 0 Å². The van der Waals surface area contributed by atoms with Crippen molar-refractivity contribution in [1.82, 2.24) is 0 Å². The van der Waals surface area contributed by atoms with Gasteiger partial charge in [0, 0.05) is 29.8 Å². The molecule has 0 spiro atoms. The molecule has 0 bridgehead atoms. The molecule has 0 aromatic heterocycles. The van der Waals surface area contributed by atoms with Gasteiger partial charge >= 0.3 is 6.03 Å². The van der Waals surface area contributed by atoms with Gasteiger partial charge in [0.25, 0.3) is 5.69 Å². The fraction of sp³-hybridized carbons (Fsp3) is 0.500. The Labute approximate surface area is 297 Å². The SMILES string of the molecule is CCCCCCCCCCCCCCCCc1cc(OC)c(OC)cc1-c1c(NC(=O)CC)cccc1NC(=O)Nc1cccc([N+](=O)[O-])c1. The van der Waals surface area contributed by atoms with Crippen molar-refractivity contribution in [3.63, 3.8) is 0 Å². The van der Waals surface area contributed by atoms with Crippen molar-refractivity contribution in [2.45, 2.75) is 117 Å². The topological polar surface area (TPSA) is 132 Å². The van der Waals surface area contributed by atoms with Gasteiger partial charge in [0.1, 0.15) is 0 Å². The molecule has 0 aliphatic carbocycles. The van der Waals surface area contributed by atoms with E-state index in [0.29, 0.717) is 28.4 Å². The number of nitro groups is 1. The number of nitrogens with zero attached hydrogens (tertiary/aromatic N) is 1. The van der Waals surface area contributed by atoms with Crippen LogP contribution in [0.25, 0.3) is 11.1 Å². The van der Waals surface area contributed by atoms with Gasteiger partial charge in [-0.2, -0.15) is 0 Å². The van der Waals surface area contributed by atoms with Gasteiger partial charge in [-0.05, 0) is 54.3 Å². The molecule has 0 radical (unpaired) electrons. The van der Waals surface area contributed by atoms with Crippen LogP contribution in [0.2, 0.25) is 0 Å². The molecular weight excluding hydrogens is 632 g/mol. The molecule has 0 unspecified atom stereocenters. The van der Waals surface area contributed by atoms with Gasteiger partial charge in [0.2, 0.25) is 5.91 Å². The molecule has 0 aliphatic rings. The first kappa shape index (κ1) is 39.8. The van der Waals surface area contributed by atoms with E-state index in [-0.39, 0.29) is 23.7 Å². The molecule has 3 aromatic rings. The molecule has 0 atom stereocenters. The summed E-state index contributed by atoms with van der Waals surface area (Å²) in [6, 6.07) is 14.3. The van der Waals surface area contributed by atoms with E-state index in [2.05, 4.69) is 22.9 Å². The molecular formula is C40H56N4O6. The van der Waals surface area contributed by atoms with Crippen LogP contribution in [-0.2, 0) is 11.2 Å². The summed E-state index contributed by atoms with van der Waals surface area (Å²) in [7, 11) is 3.18. The Bertz CT molecular complexity index is 1530. The zero-order chi connectivity index (χ0) is 36.1. The van der Waals surface area contributed by atoms with E-state index in [4.69, 9.17) is 9.47 Å². The second-order valence-corrected chi connectivity index (χ2v) is 12.7. The third-order valence-electron chi connectivity index (χ3n) is 8.90. The summed E-state index contributed by atoms with van der Waals surface area (Å²) in [5.74, 6) is 0.957. The van der Waals surface area contributed by atoms with Crippen LogP contribution in [0.15, 0.2) is 54.6 Å². The number of benzene rings is 3. The van der Waals surface area contributed by atoms with E-state index in [9.17, 15) is 19.7 Å². The summed E-state index contributed by atoms with van der Waals surface area (Å²) < 4.78 is 11.4. The fourth-order valence-electron chi connectivity index (χ4n) is 6.14. The van der Waals surface area contributed by atoms with E-state index in [0.717, 1.165) is 30.4 Å². The van der Waals surface area contributed by atoms with Crippen LogP contribution < -0.4 is 25.4 Å². The van der Waals surface area contributed by atoms with Gasteiger partial charge in [-0.3, -0.25) is 14.9 Å². The molecule has 0 heterocycles. The number of nitro benzene ring substituents is 1. The monoisotopic (exact) mass is 688 g/mol. The number of carbonyl (C=O) groups excluding carboxylic acids is 2. The number of ether oxygens (including phenoxy) is 2. The van der Waals surface area contributed by atoms with Crippen LogP contribution in [0, 0.1) is 10.1 Å². The molecule has 0 aliphatic heterocycles. The predicted octanol–water partition coefficient (Wildman–Crippen LogP) is 11.3. The number of urea groups is 1. The second-order valence-electron chi connectivity index (χ2n) is 12.7. The Morgan fingerprint density at radius 3 is 1.78 bits per heavy atom. The number of hydrogen-bond donors (Lipinski definition) is 3. The lowest BCUT2D eigenvalue weighted by Crippen LogP contribution is -2.20. The smallest absolute Gasteiger partial charge is 0.323 e. The largest absolute Gasteiger partial charge is 0.493 e. The number of anilines is 3. The fourth-order valence-corrected chi connectivity index (χ4v) is 6.14. The molecule has 3 aromatic carbocycles. The summed E-state index contributed by atoms with van der Waals surface area (Å²) in [5.41, 5.74) is 3.57. The molecule has 272 valence electrons. The minimum absolute atomic E-state index is 0.133. The quantitative estimate of drug-likeness (QED) is 0.0516. The van der Waals surface area contributed by atoms with E-state index >= 15 is 0 Å². The van der Waals surface area contributed by atoms with E-state index in [1.807, 2.05) is 12.1 Å². The zero-order valence-corrected chi connectivity index (χ0v) is 30.4. The van der Waals surface area contributed by atoms with Crippen molar-refractivity contribution < 1.29 is 24.0 Å². The standard InChI is InChI=1S/C40H56N4O6/c1-5-7-8-9-10-11-12-13-14-15-16-17-18-19-22-30-27-36(49-3)37(50-4)29-33(30)39-34(42-38(45)6-2)25-21-26-35(39)43-40(46)41-31-23-20-24-32(28-31)44(47)48/h20-21,23-29H,5-19,22H2,1-4H3,(H,42,45)(H2,41,43,46). The van der Waals surface area contributed by atoms with E-state index in [1.54, 1.807) is 45.4 Å². The van der Waals surface area contributed by atoms with Gasteiger partial charge in [0.15, 0.2) is 11.5 Å². The number of non-ortho nitro benzene ring substituents is 1. The Morgan fingerprint density at radius 1 is 0.680 bits per heavy atom. The van der Waals surface area contributed by atoms with Crippen molar-refractivity contribution in [1.29, 1.82) is 0 Å². The van der Waals surface area contributed by atoms with Crippen LogP contribution in [0.3, 0.4) is 0 Å². The number of aryl methyl sites for hydroxylation is 1. The molecule has 50 heavy (non-hydrogen) atoms. The maximum atomic E-state index is 13.2. The highest BCUT2D eigenvalue weighted by Crippen LogP contribution is 2.43. The normalized spacial score (nSPS) is 10.8. The first-order chi connectivity index (χ1) is 24.3. The van der Waals surface area contributed by atoms with Gasteiger partial charge < -0.3 is 25.4 Å². The lowest BCUT2D eigenvalue weighted by atomic mass is 9.92. The zero-order valence-electron chi connectivity index (χ0n) is 30.4. The minimum Gasteiger partial charge on any atom is -0.493 e. The van der Waals surface area contributed by atoms with Crippen molar-refractivity contribution in [2.75, 3.05) is 30.2 Å². The third-order valence-corrected chi connectivity index (χ3v) is 8.90. The molecule has 10 nitrogen and oxygen atoms in total. The second kappa shape index (κ2) is 22.2. The number of nitrogens with one attached hydrogen (secondary N) is 3. The molecule has 0 saturated heterocycles. The van der Waals surface area contributed by atoms with Crippen molar-refractivity contribution in [3.05, 3.63) is 70.3 Å². The minimum atomic E-state index is -0.584. The highest BCUT2D eigenvalue weighted by Gasteiger charge is 2.21. The maximum absolute atomic E-state index is 13.2. The molecule has 3 amide bonds. The van der Waals surface area contributed by atoms with E-state index < -0.39 is 11.0 Å². The average Bonchev–Trinajstić information content (AvgIpc) is 3.11. The maximum Gasteiger partial charge on any atom is 0.323 e. The highest BCUT2D eigenvalue weighted by atomic mass is 16.6. The number of carbonyl (C=O) groups is 2. The van der Waals surface area contributed by atoms with Crippen molar-refractivity contribution in [3.8, 4) is 22.6 Å². The van der Waals surface area contributed by atoms with Crippen molar-refractivity contribution >= 4 is 34.7 Å². The number of methoxy groups -OCH3 is 2. The number of rotatable bonds is 23. The van der Waals surface area contributed by atoms with Crippen LogP contribution in [-0.4, -0.2) is 31.1 Å². The van der Waals surface area contributed by atoms with Gasteiger partial charge in [-0.1, -0.05) is 109 Å². The van der Waals surface area contributed by atoms with Crippen LogP contribution in [0.5, 0.6) is 11.5 Å². The van der Waals surface area contributed by atoms with Gasteiger partial charge in [-0.25, -0.2) is 4.79 Å². The Morgan fingerprint density at radius 2 is 1.22 bits per heavy atom. The highest BCUT2D eigenvalue weighted by molar-refractivity contribution is 6.06. The lowest BCUT2D eigenvalue weighted by molar-refractivity contribution is -0.384. The molecule has 0 fully saturated rings. The molecule has 0 saturated carbocycles. The Kier molecular flexibility index (Phi) is 17.7. The first-order valence-electron chi connectivity index (χ1n) is 18.3. The third kappa shape index (κ3) is 13.0. The molecule has 3 N–H and O–H groups in total. The number of hydrogen-bond acceptors (Lipinski definition) is 6. The first-order valence-corrected chi connectivity index (χ1v) is 18.3. The summed E-state index contributed by atoms with van der Waals surface area (Å²) in [5, 5.41) is 19.8. The molecule has 3 rings (SSSR count). The Balaban J connectivity index is 1.76. The summed E-state index contributed by atoms with van der Waals surface area (Å²) in [6.45, 7) is 4.04. The van der Waals surface area contributed by atoms with Crippen LogP contribution in [0.1, 0.15) is 116 Å². The van der Waals surface area contributed by atoms with Gasteiger partial charge in [-0.15, -0.1) is 0 Å². The summed E-state index contributed by atoms with van der Waals surface area (Å²) >= 11 is 0. The number of unbranched alkanes of at least 4 members (excludes halogenated alkanes) is 13. The summed E-state index contributed by atoms with van der Waals surface area (Å²) in [6.07, 6.45) is 18.9. The average molecular weight is 689 g/mol. The lowest BCUT2D eigenvalue weighted by Gasteiger charge is -2.21. The number of amides is 3. The van der Waals surface area contributed by atoms with Crippen LogP contribution in [0.4, 0.5) is 27.5 Å². The molecule has 10 heteroatoms. The summed E-state index contributed by atoms with van der Waals surface area (Å²) in [4.78, 5) is 36.6. The van der Waals surface area contributed by atoms with E-state index in [1.165, 1.54) is 95.2 Å². The van der Waals surface area contributed by atoms with Crippen molar-refractivity contribution in [2.24, 2.45) is 0 Å². The predicted molar refractivity (Wildman–Crippen MR) is 204 cm³/mol. The van der Waals surface area contributed by atoms with Gasteiger partial charge in [0.05, 0.1) is 30.5 Å².